The summed E-state index contributed by atoms with van der Waals surface area (Å²) < 4.78 is 1.73. The van der Waals surface area contributed by atoms with Crippen LogP contribution < -0.4 is 5.73 Å². The lowest BCUT2D eigenvalue weighted by molar-refractivity contribution is 0.891. The molecular weight excluding hydrogens is 186 g/mol. The van der Waals surface area contributed by atoms with Gasteiger partial charge in [0.25, 0.3) is 0 Å². The maximum atomic E-state index is 5.84. The van der Waals surface area contributed by atoms with Gasteiger partial charge in [0, 0.05) is 5.56 Å². The summed E-state index contributed by atoms with van der Waals surface area (Å²) in [6, 6.07) is 9.85. The summed E-state index contributed by atoms with van der Waals surface area (Å²) in [6.07, 6.45) is 1.77. The molecule has 0 aliphatic carbocycles. The molecule has 0 aliphatic rings. The average Bonchev–Trinajstić information content (AvgIpc) is 2.64. The molecule has 2 aromatic rings. The quantitative estimate of drug-likeness (QED) is 0.774. The molecule has 0 atom stereocenters. The monoisotopic (exact) mass is 203 g/mol. The first-order valence-electron chi connectivity index (χ1n) is 5.14. The molecule has 0 unspecified atom stereocenters. The molecule has 0 radical (unpaired) electrons. The van der Waals surface area contributed by atoms with Crippen molar-refractivity contribution >= 4 is 5.82 Å². The minimum Gasteiger partial charge on any atom is -0.383 e. The van der Waals surface area contributed by atoms with Gasteiger partial charge in [-0.15, -0.1) is 0 Å². The zero-order valence-corrected chi connectivity index (χ0v) is 9.44. The van der Waals surface area contributed by atoms with E-state index in [2.05, 4.69) is 5.10 Å². The summed E-state index contributed by atoms with van der Waals surface area (Å²) in [7, 11) is 0. The van der Waals surface area contributed by atoms with Gasteiger partial charge >= 0.3 is 0 Å². The van der Waals surface area contributed by atoms with Gasteiger partial charge in [0.05, 0.1) is 11.9 Å². The van der Waals surface area contributed by atoms with Crippen molar-refractivity contribution in [3.63, 3.8) is 0 Å². The summed E-state index contributed by atoms with van der Waals surface area (Å²) in [4.78, 5) is 0. The third kappa shape index (κ3) is 2.37. The predicted molar refractivity (Wildman–Crippen MR) is 64.1 cm³/mol. The summed E-state index contributed by atoms with van der Waals surface area (Å²) in [5, 5.41) is 4.18. The molecule has 2 rings (SSSR count). The second kappa shape index (κ2) is 5.20. The molecule has 80 valence electrons. The molecule has 2 N–H and O–H groups in total. The number of rotatable bonds is 1. The highest BCUT2D eigenvalue weighted by molar-refractivity contribution is 5.45. The van der Waals surface area contributed by atoms with E-state index >= 15 is 0 Å². The zero-order chi connectivity index (χ0) is 11.3. The van der Waals surface area contributed by atoms with Gasteiger partial charge in [-0.2, -0.15) is 5.10 Å². The van der Waals surface area contributed by atoms with E-state index in [0.717, 1.165) is 11.3 Å². The summed E-state index contributed by atoms with van der Waals surface area (Å²) in [6.45, 7) is 5.95. The third-order valence-corrected chi connectivity index (χ3v) is 2.00. The Morgan fingerprint density at radius 2 is 1.73 bits per heavy atom. The molecule has 3 heteroatoms. The van der Waals surface area contributed by atoms with Crippen LogP contribution in [0.15, 0.2) is 36.5 Å². The summed E-state index contributed by atoms with van der Waals surface area (Å²) >= 11 is 0. The molecule has 0 fully saturated rings. The topological polar surface area (TPSA) is 43.8 Å². The Hall–Kier alpha value is -1.77. The highest BCUT2D eigenvalue weighted by Gasteiger charge is 2.03. The van der Waals surface area contributed by atoms with E-state index in [-0.39, 0.29) is 0 Å². The average molecular weight is 203 g/mol. The van der Waals surface area contributed by atoms with Crippen LogP contribution in [-0.4, -0.2) is 9.78 Å². The van der Waals surface area contributed by atoms with E-state index in [1.807, 2.05) is 51.1 Å². The zero-order valence-electron chi connectivity index (χ0n) is 9.44. The minimum absolute atomic E-state index is 0.700. The highest BCUT2D eigenvalue weighted by Crippen LogP contribution is 2.14. The third-order valence-electron chi connectivity index (χ3n) is 2.00. The van der Waals surface area contributed by atoms with Gasteiger partial charge in [0.1, 0.15) is 5.82 Å². The fourth-order valence-corrected chi connectivity index (χ4v) is 1.21. The number of hydrogen-bond acceptors (Lipinski definition) is 2. The van der Waals surface area contributed by atoms with Crippen molar-refractivity contribution in [3.05, 3.63) is 42.1 Å². The van der Waals surface area contributed by atoms with Crippen molar-refractivity contribution in [1.82, 2.24) is 9.78 Å². The number of nitrogen functional groups attached to an aromatic ring is 1. The van der Waals surface area contributed by atoms with Gasteiger partial charge in [-0.05, 0) is 19.1 Å². The fraction of sp³-hybridized carbons (Fsp3) is 0.250. The predicted octanol–water partition coefficient (Wildman–Crippen LogP) is 2.79. The molecule has 0 aliphatic heterocycles. The van der Waals surface area contributed by atoms with Crippen LogP contribution in [0.3, 0.4) is 0 Å². The van der Waals surface area contributed by atoms with Gasteiger partial charge in [-0.3, -0.25) is 0 Å². The lowest BCUT2D eigenvalue weighted by Crippen LogP contribution is -2.01. The molecule has 0 spiro atoms. The Morgan fingerprint density at radius 1 is 1.13 bits per heavy atom. The highest BCUT2D eigenvalue weighted by atomic mass is 15.3. The van der Waals surface area contributed by atoms with Gasteiger partial charge in [-0.1, -0.05) is 32.0 Å². The van der Waals surface area contributed by atoms with Crippen LogP contribution in [0.4, 0.5) is 5.82 Å². The van der Waals surface area contributed by atoms with Gasteiger partial charge in [0.2, 0.25) is 0 Å². The fourth-order valence-electron chi connectivity index (χ4n) is 1.21. The number of nitrogens with two attached hydrogens (primary N) is 1. The Balaban J connectivity index is 0.000000531. The van der Waals surface area contributed by atoms with Crippen molar-refractivity contribution < 1.29 is 0 Å². The van der Waals surface area contributed by atoms with Gasteiger partial charge < -0.3 is 5.73 Å². The van der Waals surface area contributed by atoms with Crippen LogP contribution in [0.25, 0.3) is 5.69 Å². The van der Waals surface area contributed by atoms with Crippen LogP contribution in [0.2, 0.25) is 0 Å². The maximum absolute atomic E-state index is 5.84. The Bertz CT molecular complexity index is 404. The smallest absolute Gasteiger partial charge is 0.130 e. The number of nitrogens with zero attached hydrogens (tertiary/aromatic N) is 2. The van der Waals surface area contributed by atoms with E-state index in [1.165, 1.54) is 0 Å². The first-order chi connectivity index (χ1) is 7.29. The van der Waals surface area contributed by atoms with Crippen molar-refractivity contribution in [3.8, 4) is 5.69 Å². The first kappa shape index (κ1) is 11.3. The lowest BCUT2D eigenvalue weighted by Gasteiger charge is -2.02. The number of aromatic nitrogens is 2. The largest absolute Gasteiger partial charge is 0.383 e. The van der Waals surface area contributed by atoms with Crippen LogP contribution in [0, 0.1) is 6.92 Å². The molecule has 1 heterocycles. The molecule has 1 aromatic heterocycles. The molecule has 0 saturated carbocycles. The summed E-state index contributed by atoms with van der Waals surface area (Å²) in [5.74, 6) is 0.700. The first-order valence-corrected chi connectivity index (χ1v) is 5.14. The van der Waals surface area contributed by atoms with Crippen LogP contribution in [-0.2, 0) is 0 Å². The second-order valence-electron chi connectivity index (χ2n) is 2.96. The molecule has 15 heavy (non-hydrogen) atoms. The standard InChI is InChI=1S/C10H11N3.C2H6/c1-8-7-12-13(10(8)11)9-5-3-2-4-6-9;1-2/h2-7H,11H2,1H3;1-2H3. The van der Waals surface area contributed by atoms with E-state index in [1.54, 1.807) is 10.9 Å². The van der Waals surface area contributed by atoms with E-state index < -0.39 is 0 Å². The van der Waals surface area contributed by atoms with Crippen molar-refractivity contribution in [2.75, 3.05) is 5.73 Å². The van der Waals surface area contributed by atoms with E-state index in [4.69, 9.17) is 5.73 Å². The van der Waals surface area contributed by atoms with Crippen molar-refractivity contribution in [2.24, 2.45) is 0 Å². The lowest BCUT2D eigenvalue weighted by atomic mass is 10.3. The van der Waals surface area contributed by atoms with Crippen molar-refractivity contribution in [1.29, 1.82) is 0 Å². The number of para-hydroxylation sites is 1. The number of aryl methyl sites for hydroxylation is 1. The molecular formula is C12H17N3. The van der Waals surface area contributed by atoms with Gasteiger partial charge in [-0.25, -0.2) is 4.68 Å². The normalized spacial score (nSPS) is 9.27. The van der Waals surface area contributed by atoms with E-state index in [9.17, 15) is 0 Å². The maximum Gasteiger partial charge on any atom is 0.130 e. The molecule has 3 nitrogen and oxygen atoms in total. The molecule has 0 amide bonds. The SMILES string of the molecule is CC.Cc1cnn(-c2ccccc2)c1N. The van der Waals surface area contributed by atoms with Crippen LogP contribution in [0.5, 0.6) is 0 Å². The Kier molecular flexibility index (Phi) is 3.92. The van der Waals surface area contributed by atoms with E-state index in [0.29, 0.717) is 5.82 Å². The van der Waals surface area contributed by atoms with Crippen molar-refractivity contribution in [2.45, 2.75) is 20.8 Å². The minimum atomic E-state index is 0.700. The van der Waals surface area contributed by atoms with Crippen LogP contribution >= 0.6 is 0 Å². The number of hydrogen-bond donors (Lipinski definition) is 1. The second-order valence-corrected chi connectivity index (χ2v) is 2.96. The summed E-state index contributed by atoms with van der Waals surface area (Å²) in [5.41, 5.74) is 7.83. The van der Waals surface area contributed by atoms with Gasteiger partial charge in [0.15, 0.2) is 0 Å². The Labute approximate surface area is 90.5 Å². The molecule has 1 aromatic carbocycles. The number of benzene rings is 1. The number of anilines is 1. The molecule has 0 saturated heterocycles. The van der Waals surface area contributed by atoms with Crippen LogP contribution in [0.1, 0.15) is 19.4 Å². The molecule has 0 bridgehead atoms. The Morgan fingerprint density at radius 3 is 2.20 bits per heavy atom.